The van der Waals surface area contributed by atoms with E-state index in [0.29, 0.717) is 6.54 Å². The van der Waals surface area contributed by atoms with Gasteiger partial charge in [-0.2, -0.15) is 0 Å². The van der Waals surface area contributed by atoms with Crippen LogP contribution in [0.3, 0.4) is 0 Å². The van der Waals surface area contributed by atoms with Gasteiger partial charge >= 0.3 is 6.03 Å². The van der Waals surface area contributed by atoms with E-state index in [1.165, 1.54) is 16.7 Å². The number of hydrogen-bond acceptors (Lipinski definition) is 2. The molecule has 0 aliphatic carbocycles. The molecular weight excluding hydrogens is 286 g/mol. The van der Waals surface area contributed by atoms with Gasteiger partial charge in [-0.3, -0.25) is 0 Å². The molecule has 1 N–H and O–H groups in total. The van der Waals surface area contributed by atoms with Crippen LogP contribution in [0.15, 0.2) is 18.2 Å². The Hall–Kier alpha value is -1.55. The highest BCUT2D eigenvalue weighted by molar-refractivity contribution is 5.74. The maximum Gasteiger partial charge on any atom is 0.320 e. The fraction of sp³-hybridized carbons (Fsp3) is 0.632. The highest BCUT2D eigenvalue weighted by Crippen LogP contribution is 2.15. The average molecular weight is 319 g/mol. The molecule has 1 aliphatic heterocycles. The van der Waals surface area contributed by atoms with Crippen molar-refractivity contribution in [3.63, 3.8) is 0 Å². The van der Waals surface area contributed by atoms with Crippen molar-refractivity contribution in [3.05, 3.63) is 34.9 Å². The van der Waals surface area contributed by atoms with Gasteiger partial charge in [0.25, 0.3) is 0 Å². The minimum Gasteiger partial charge on any atom is -0.322 e. The highest BCUT2D eigenvalue weighted by atomic mass is 16.2. The molecule has 0 unspecified atom stereocenters. The van der Waals surface area contributed by atoms with Crippen LogP contribution in [0.4, 0.5) is 4.79 Å². The molecule has 0 spiro atoms. The van der Waals surface area contributed by atoms with Gasteiger partial charge in [-0.1, -0.05) is 44.5 Å². The summed E-state index contributed by atoms with van der Waals surface area (Å²) >= 11 is 0. The van der Waals surface area contributed by atoms with Crippen molar-refractivity contribution < 1.29 is 4.79 Å². The van der Waals surface area contributed by atoms with Crippen LogP contribution < -0.4 is 5.32 Å². The van der Waals surface area contributed by atoms with Crippen LogP contribution in [0.5, 0.6) is 0 Å². The minimum atomic E-state index is 0.180. The van der Waals surface area contributed by atoms with Gasteiger partial charge in [0.05, 0.1) is 0 Å². The van der Waals surface area contributed by atoms with E-state index in [-0.39, 0.29) is 6.03 Å². The van der Waals surface area contributed by atoms with E-state index in [9.17, 15) is 4.79 Å². The lowest BCUT2D eigenvalue weighted by molar-refractivity contribution is 0.144. The fourth-order valence-corrected chi connectivity index (χ4v) is 2.74. The molecule has 1 saturated heterocycles. The molecule has 130 valence electrons. The lowest BCUT2D eigenvalue weighted by atomic mass is 10.1. The summed E-state index contributed by atoms with van der Waals surface area (Å²) in [6, 6.07) is 6.65. The zero-order valence-corrected chi connectivity index (χ0v) is 15.5. The van der Waals surface area contributed by atoms with Crippen LogP contribution in [-0.2, 0) is 6.54 Å². The molecule has 1 heterocycles. The molecule has 0 saturated carbocycles. The van der Waals surface area contributed by atoms with Crippen molar-refractivity contribution in [1.82, 2.24) is 15.1 Å². The first-order chi connectivity index (χ1) is 11.1. The zero-order chi connectivity index (χ0) is 17.2. The molecule has 1 aromatic rings. The molecule has 0 aromatic heterocycles. The van der Waals surface area contributed by atoms with Crippen molar-refractivity contribution in [1.29, 1.82) is 0 Å². The van der Waals surface area contributed by atoms with Crippen LogP contribution in [0.2, 0.25) is 0 Å². The summed E-state index contributed by atoms with van der Waals surface area (Å²) in [5.74, 6) is 0. The number of aryl methyl sites for hydroxylation is 2. The first-order valence-electron chi connectivity index (χ1n) is 8.92. The summed E-state index contributed by atoms with van der Waals surface area (Å²) in [5.41, 5.74) is 3.77. The number of amides is 2. The molecule has 0 radical (unpaired) electrons. The molecule has 1 aliphatic rings. The fourth-order valence-electron chi connectivity index (χ4n) is 2.74. The highest BCUT2D eigenvalue weighted by Gasteiger charge is 2.22. The predicted molar refractivity (Wildman–Crippen MR) is 97.8 cm³/mol. The maximum absolute atomic E-state index is 12.7. The summed E-state index contributed by atoms with van der Waals surface area (Å²) in [4.78, 5) is 16.7. The van der Waals surface area contributed by atoms with Crippen molar-refractivity contribution in [2.45, 2.75) is 47.6 Å². The van der Waals surface area contributed by atoms with Crippen LogP contribution in [0, 0.1) is 13.8 Å². The van der Waals surface area contributed by atoms with E-state index < -0.39 is 0 Å². The van der Waals surface area contributed by atoms with Gasteiger partial charge in [0.15, 0.2) is 0 Å². The maximum atomic E-state index is 12.7. The first-order valence-corrected chi connectivity index (χ1v) is 8.92. The summed E-state index contributed by atoms with van der Waals surface area (Å²) in [6.07, 6.45) is 0.989. The third-order valence-corrected chi connectivity index (χ3v) is 4.02. The summed E-state index contributed by atoms with van der Waals surface area (Å²) in [5, 5.41) is 3.29. The van der Waals surface area contributed by atoms with Gasteiger partial charge in [-0.25, -0.2) is 4.79 Å². The van der Waals surface area contributed by atoms with Crippen LogP contribution in [0.1, 0.15) is 43.9 Å². The summed E-state index contributed by atoms with van der Waals surface area (Å²) in [7, 11) is 0. The van der Waals surface area contributed by atoms with E-state index in [1.54, 1.807) is 0 Å². The van der Waals surface area contributed by atoms with Gasteiger partial charge in [0, 0.05) is 39.3 Å². The Kier molecular flexibility index (Phi) is 8.70. The second-order valence-corrected chi connectivity index (χ2v) is 5.87. The topological polar surface area (TPSA) is 35.6 Å². The monoisotopic (exact) mass is 319 g/mol. The molecule has 0 bridgehead atoms. The Bertz CT molecular complexity index is 482. The largest absolute Gasteiger partial charge is 0.322 e. The van der Waals surface area contributed by atoms with Crippen molar-refractivity contribution >= 4 is 6.03 Å². The van der Waals surface area contributed by atoms with Gasteiger partial charge in [-0.05, 0) is 31.4 Å². The number of urea groups is 1. The number of carbonyl (C=O) groups excluding carboxylic acids is 1. The zero-order valence-electron chi connectivity index (χ0n) is 15.5. The van der Waals surface area contributed by atoms with Crippen LogP contribution in [0.25, 0.3) is 0 Å². The second-order valence-electron chi connectivity index (χ2n) is 5.87. The normalized spacial score (nSPS) is 14.0. The molecule has 1 fully saturated rings. The number of nitrogens with zero attached hydrogens (tertiary/aromatic N) is 2. The van der Waals surface area contributed by atoms with Crippen LogP contribution >= 0.6 is 0 Å². The Morgan fingerprint density at radius 2 is 1.87 bits per heavy atom. The number of piperazine rings is 1. The Balaban J connectivity index is 0.00000127. The smallest absolute Gasteiger partial charge is 0.320 e. The Morgan fingerprint density at radius 1 is 1.22 bits per heavy atom. The number of nitrogens with one attached hydrogen (secondary N) is 1. The SMILES string of the molecule is CC.CCCN(Cc1cc(C)ccc1C)C(=O)N1CCNCC1. The van der Waals surface area contributed by atoms with Gasteiger partial charge in [-0.15, -0.1) is 0 Å². The van der Waals surface area contributed by atoms with Gasteiger partial charge < -0.3 is 15.1 Å². The third kappa shape index (κ3) is 5.87. The second kappa shape index (κ2) is 10.3. The molecule has 4 nitrogen and oxygen atoms in total. The molecule has 2 amide bonds. The quantitative estimate of drug-likeness (QED) is 0.921. The van der Waals surface area contributed by atoms with E-state index in [0.717, 1.165) is 39.1 Å². The molecule has 23 heavy (non-hydrogen) atoms. The standard InChI is InChI=1S/C17H27N3O.C2H6/c1-4-9-20(17(21)19-10-7-18-8-11-19)13-16-12-14(2)5-6-15(16)3;1-2/h5-6,12,18H,4,7-11,13H2,1-3H3;1-2H3. The lowest BCUT2D eigenvalue weighted by Gasteiger charge is -2.33. The van der Waals surface area contributed by atoms with Crippen molar-refractivity contribution in [2.24, 2.45) is 0 Å². The molecule has 2 rings (SSSR count). The van der Waals surface area contributed by atoms with Gasteiger partial charge in [0.1, 0.15) is 0 Å². The average Bonchev–Trinajstić information content (AvgIpc) is 2.59. The number of carbonyl (C=O) groups is 1. The third-order valence-electron chi connectivity index (χ3n) is 4.02. The van der Waals surface area contributed by atoms with Crippen molar-refractivity contribution in [2.75, 3.05) is 32.7 Å². The number of rotatable bonds is 4. The number of hydrogen-bond donors (Lipinski definition) is 1. The van der Waals surface area contributed by atoms with Crippen LogP contribution in [-0.4, -0.2) is 48.6 Å². The van der Waals surface area contributed by atoms with Crippen molar-refractivity contribution in [3.8, 4) is 0 Å². The van der Waals surface area contributed by atoms with E-state index in [1.807, 2.05) is 23.6 Å². The number of benzene rings is 1. The molecular formula is C19H33N3O. The molecule has 1 aromatic carbocycles. The molecule has 4 heteroatoms. The summed E-state index contributed by atoms with van der Waals surface area (Å²) in [6.45, 7) is 15.3. The minimum absolute atomic E-state index is 0.180. The van der Waals surface area contributed by atoms with E-state index in [2.05, 4.69) is 44.3 Å². The lowest BCUT2D eigenvalue weighted by Crippen LogP contribution is -2.51. The summed E-state index contributed by atoms with van der Waals surface area (Å²) < 4.78 is 0. The predicted octanol–water partition coefficient (Wildman–Crippen LogP) is 3.57. The Labute approximate surface area is 141 Å². The first kappa shape index (κ1) is 19.5. The van der Waals surface area contributed by atoms with E-state index in [4.69, 9.17) is 0 Å². The molecule has 0 atom stereocenters. The van der Waals surface area contributed by atoms with E-state index >= 15 is 0 Å². The Morgan fingerprint density at radius 3 is 2.48 bits per heavy atom. The van der Waals surface area contributed by atoms with Gasteiger partial charge in [0.2, 0.25) is 0 Å².